The number of aldehydes is 1. The van der Waals surface area contributed by atoms with E-state index in [2.05, 4.69) is 0 Å². The Morgan fingerprint density at radius 1 is 1.29 bits per heavy atom. The van der Waals surface area contributed by atoms with Crippen molar-refractivity contribution in [2.24, 2.45) is 0 Å². The van der Waals surface area contributed by atoms with E-state index >= 15 is 0 Å². The summed E-state index contributed by atoms with van der Waals surface area (Å²) in [6.07, 6.45) is 0.745. The van der Waals surface area contributed by atoms with Crippen LogP contribution in [0.3, 0.4) is 0 Å². The molecule has 2 aromatic rings. The van der Waals surface area contributed by atoms with Crippen LogP contribution in [0.25, 0.3) is 10.4 Å². The summed E-state index contributed by atoms with van der Waals surface area (Å²) in [5, 5.41) is 1.90. The first kappa shape index (κ1) is 9.09. The SMILES string of the molecule is O=Cc1ccc(F)cc1-c1cccs1. The topological polar surface area (TPSA) is 17.1 Å². The fourth-order valence-corrected chi connectivity index (χ4v) is 2.04. The molecule has 2 rings (SSSR count). The molecule has 0 saturated heterocycles. The second-order valence-electron chi connectivity index (χ2n) is 2.83. The van der Waals surface area contributed by atoms with Gasteiger partial charge in [0.2, 0.25) is 0 Å². The van der Waals surface area contributed by atoms with Crippen molar-refractivity contribution < 1.29 is 9.18 Å². The van der Waals surface area contributed by atoms with Gasteiger partial charge in [0.1, 0.15) is 5.82 Å². The maximum Gasteiger partial charge on any atom is 0.150 e. The molecule has 1 aromatic heterocycles. The number of carbonyl (C=O) groups is 1. The normalized spacial score (nSPS) is 10.1. The van der Waals surface area contributed by atoms with Gasteiger partial charge in [0.15, 0.2) is 6.29 Å². The summed E-state index contributed by atoms with van der Waals surface area (Å²) in [7, 11) is 0. The van der Waals surface area contributed by atoms with E-state index in [1.54, 1.807) is 0 Å². The highest BCUT2D eigenvalue weighted by Gasteiger charge is 2.06. The number of hydrogen-bond acceptors (Lipinski definition) is 2. The Bertz CT molecular complexity index is 448. The first-order valence-corrected chi connectivity index (χ1v) is 4.98. The van der Waals surface area contributed by atoms with Crippen LogP contribution in [0, 0.1) is 5.82 Å². The fourth-order valence-electron chi connectivity index (χ4n) is 1.28. The Kier molecular flexibility index (Phi) is 2.41. The lowest BCUT2D eigenvalue weighted by atomic mass is 10.1. The lowest BCUT2D eigenvalue weighted by molar-refractivity contribution is 0.112. The number of thiophene rings is 1. The van der Waals surface area contributed by atoms with Gasteiger partial charge in [0.25, 0.3) is 0 Å². The third kappa shape index (κ3) is 1.59. The van der Waals surface area contributed by atoms with Crippen LogP contribution in [-0.2, 0) is 0 Å². The number of hydrogen-bond donors (Lipinski definition) is 0. The molecule has 0 N–H and O–H groups in total. The van der Waals surface area contributed by atoms with Gasteiger partial charge in [0.05, 0.1) is 0 Å². The standard InChI is InChI=1S/C11H7FOS/c12-9-4-3-8(7-13)10(6-9)11-2-1-5-14-11/h1-7H. The molecule has 0 fully saturated rings. The summed E-state index contributed by atoms with van der Waals surface area (Å²) < 4.78 is 13.0. The molecule has 0 unspecified atom stereocenters. The van der Waals surface area contributed by atoms with Gasteiger partial charge in [-0.2, -0.15) is 0 Å². The van der Waals surface area contributed by atoms with Gasteiger partial charge in [-0.25, -0.2) is 4.39 Å². The molecule has 1 nitrogen and oxygen atoms in total. The lowest BCUT2D eigenvalue weighted by Gasteiger charge is -2.01. The summed E-state index contributed by atoms with van der Waals surface area (Å²) in [6, 6.07) is 7.92. The average Bonchev–Trinajstić information content (AvgIpc) is 2.70. The van der Waals surface area contributed by atoms with Crippen molar-refractivity contribution in [3.8, 4) is 10.4 Å². The smallest absolute Gasteiger partial charge is 0.150 e. The molecule has 0 radical (unpaired) electrons. The Balaban J connectivity index is 2.61. The Labute approximate surface area is 84.8 Å². The minimum atomic E-state index is -0.320. The molecular weight excluding hydrogens is 199 g/mol. The molecule has 0 aliphatic carbocycles. The van der Waals surface area contributed by atoms with Crippen LogP contribution in [0.15, 0.2) is 35.7 Å². The summed E-state index contributed by atoms with van der Waals surface area (Å²) in [4.78, 5) is 11.6. The van der Waals surface area contributed by atoms with Crippen LogP contribution in [0.1, 0.15) is 10.4 Å². The van der Waals surface area contributed by atoms with Crippen molar-refractivity contribution in [3.63, 3.8) is 0 Å². The molecule has 70 valence electrons. The molecule has 14 heavy (non-hydrogen) atoms. The zero-order valence-electron chi connectivity index (χ0n) is 7.24. The zero-order chi connectivity index (χ0) is 9.97. The maximum absolute atomic E-state index is 13.0. The molecule has 0 saturated carbocycles. The number of rotatable bonds is 2. The highest BCUT2D eigenvalue weighted by Crippen LogP contribution is 2.27. The molecule has 1 heterocycles. The summed E-state index contributed by atoms with van der Waals surface area (Å²) in [5.74, 6) is -0.320. The van der Waals surface area contributed by atoms with Gasteiger partial charge >= 0.3 is 0 Å². The van der Waals surface area contributed by atoms with E-state index in [1.165, 1.54) is 29.5 Å². The predicted molar refractivity (Wildman–Crippen MR) is 55.1 cm³/mol. The second kappa shape index (κ2) is 3.72. The summed E-state index contributed by atoms with van der Waals surface area (Å²) in [5.41, 5.74) is 1.18. The van der Waals surface area contributed by atoms with Crippen molar-refractivity contribution in [1.82, 2.24) is 0 Å². The number of benzene rings is 1. The molecule has 0 bridgehead atoms. The van der Waals surface area contributed by atoms with E-state index in [0.717, 1.165) is 11.2 Å². The summed E-state index contributed by atoms with van der Waals surface area (Å²) >= 11 is 1.49. The van der Waals surface area contributed by atoms with Crippen molar-refractivity contribution in [1.29, 1.82) is 0 Å². The van der Waals surface area contributed by atoms with Crippen molar-refractivity contribution in [2.75, 3.05) is 0 Å². The van der Waals surface area contributed by atoms with Gasteiger partial charge in [-0.05, 0) is 29.6 Å². The predicted octanol–water partition coefficient (Wildman–Crippen LogP) is 3.37. The molecule has 0 aliphatic heterocycles. The van der Waals surface area contributed by atoms with Gasteiger partial charge in [-0.3, -0.25) is 4.79 Å². The van der Waals surface area contributed by atoms with Crippen molar-refractivity contribution in [3.05, 3.63) is 47.1 Å². The van der Waals surface area contributed by atoms with E-state index in [0.29, 0.717) is 11.1 Å². The summed E-state index contributed by atoms with van der Waals surface area (Å²) in [6.45, 7) is 0. The average molecular weight is 206 g/mol. The van der Waals surface area contributed by atoms with Gasteiger partial charge in [-0.15, -0.1) is 11.3 Å². The highest BCUT2D eigenvalue weighted by molar-refractivity contribution is 7.13. The molecule has 0 atom stereocenters. The van der Waals surface area contributed by atoms with Gasteiger partial charge in [0, 0.05) is 16.0 Å². The molecule has 1 aromatic carbocycles. The van der Waals surface area contributed by atoms with E-state index in [4.69, 9.17) is 0 Å². The Morgan fingerprint density at radius 3 is 2.79 bits per heavy atom. The van der Waals surface area contributed by atoms with Crippen LogP contribution in [-0.4, -0.2) is 6.29 Å². The van der Waals surface area contributed by atoms with E-state index in [1.807, 2.05) is 17.5 Å². The number of carbonyl (C=O) groups excluding carboxylic acids is 1. The molecule has 3 heteroatoms. The second-order valence-corrected chi connectivity index (χ2v) is 3.77. The third-order valence-electron chi connectivity index (χ3n) is 1.93. The van der Waals surface area contributed by atoms with Crippen molar-refractivity contribution >= 4 is 17.6 Å². The molecule has 0 amide bonds. The van der Waals surface area contributed by atoms with Gasteiger partial charge < -0.3 is 0 Å². The third-order valence-corrected chi connectivity index (χ3v) is 2.83. The zero-order valence-corrected chi connectivity index (χ0v) is 8.05. The Hall–Kier alpha value is -1.48. The van der Waals surface area contributed by atoms with E-state index in [-0.39, 0.29) is 5.82 Å². The first-order valence-electron chi connectivity index (χ1n) is 4.10. The first-order chi connectivity index (χ1) is 6.81. The minimum absolute atomic E-state index is 0.320. The molecule has 0 aliphatic rings. The van der Waals surface area contributed by atoms with Gasteiger partial charge in [-0.1, -0.05) is 6.07 Å². The Morgan fingerprint density at radius 2 is 2.14 bits per heavy atom. The highest BCUT2D eigenvalue weighted by atomic mass is 32.1. The van der Waals surface area contributed by atoms with Crippen LogP contribution >= 0.6 is 11.3 Å². The van der Waals surface area contributed by atoms with Crippen LogP contribution in [0.4, 0.5) is 4.39 Å². The number of halogens is 1. The monoisotopic (exact) mass is 206 g/mol. The van der Waals surface area contributed by atoms with Crippen LogP contribution in [0.2, 0.25) is 0 Å². The molecular formula is C11H7FOS. The van der Waals surface area contributed by atoms with Crippen molar-refractivity contribution in [2.45, 2.75) is 0 Å². The fraction of sp³-hybridized carbons (Fsp3) is 0. The van der Waals surface area contributed by atoms with Crippen LogP contribution < -0.4 is 0 Å². The maximum atomic E-state index is 13.0. The minimum Gasteiger partial charge on any atom is -0.298 e. The quantitative estimate of drug-likeness (QED) is 0.688. The molecule has 0 spiro atoms. The van der Waals surface area contributed by atoms with E-state index < -0.39 is 0 Å². The lowest BCUT2D eigenvalue weighted by Crippen LogP contribution is -1.86. The van der Waals surface area contributed by atoms with Crippen LogP contribution in [0.5, 0.6) is 0 Å². The van der Waals surface area contributed by atoms with E-state index in [9.17, 15) is 9.18 Å². The largest absolute Gasteiger partial charge is 0.298 e.